The highest BCUT2D eigenvalue weighted by Crippen LogP contribution is 2.33. The highest BCUT2D eigenvalue weighted by atomic mass is 16.5. The van der Waals surface area contributed by atoms with Crippen molar-refractivity contribution < 1.29 is 9.47 Å². The first-order chi connectivity index (χ1) is 16.7. The third kappa shape index (κ3) is 4.36. The number of azo groups is 1. The molecule has 2 aromatic heterocycles. The lowest BCUT2D eigenvalue weighted by Crippen LogP contribution is -1.95. The van der Waals surface area contributed by atoms with Crippen molar-refractivity contribution in [2.45, 2.75) is 6.54 Å². The number of methoxy groups -OCH3 is 2. The average Bonchev–Trinajstić information content (AvgIpc) is 3.33. The lowest BCUT2D eigenvalue weighted by molar-refractivity contribution is 0.355. The second-order valence-corrected chi connectivity index (χ2v) is 7.61. The van der Waals surface area contributed by atoms with Crippen molar-refractivity contribution in [2.24, 2.45) is 10.2 Å². The van der Waals surface area contributed by atoms with Crippen LogP contribution in [0.15, 0.2) is 101 Å². The van der Waals surface area contributed by atoms with E-state index in [1.54, 1.807) is 14.2 Å². The molecule has 168 valence electrons. The van der Waals surface area contributed by atoms with Gasteiger partial charge in [-0.3, -0.25) is 0 Å². The molecule has 0 aliphatic rings. The van der Waals surface area contributed by atoms with Crippen molar-refractivity contribution in [3.05, 3.63) is 96.7 Å². The molecule has 0 unspecified atom stereocenters. The number of benzene rings is 3. The van der Waals surface area contributed by atoms with E-state index in [0.29, 0.717) is 23.9 Å². The molecule has 0 saturated carbocycles. The molecule has 0 bridgehead atoms. The van der Waals surface area contributed by atoms with Gasteiger partial charge in [0.1, 0.15) is 0 Å². The van der Waals surface area contributed by atoms with Gasteiger partial charge in [-0.25, -0.2) is 9.67 Å². The third-order valence-electron chi connectivity index (χ3n) is 5.47. The Morgan fingerprint density at radius 1 is 0.824 bits per heavy atom. The summed E-state index contributed by atoms with van der Waals surface area (Å²) < 4.78 is 12.7. The average molecular weight is 450 g/mol. The van der Waals surface area contributed by atoms with Crippen molar-refractivity contribution in [3.8, 4) is 28.4 Å². The molecule has 0 N–H and O–H groups in total. The van der Waals surface area contributed by atoms with Crippen LogP contribution in [0.1, 0.15) is 5.56 Å². The van der Waals surface area contributed by atoms with Crippen LogP contribution < -0.4 is 9.47 Å². The van der Waals surface area contributed by atoms with Crippen molar-refractivity contribution in [2.75, 3.05) is 14.2 Å². The van der Waals surface area contributed by atoms with Crippen molar-refractivity contribution in [1.82, 2.24) is 14.8 Å². The van der Waals surface area contributed by atoms with Gasteiger partial charge in [0.2, 0.25) is 0 Å². The minimum Gasteiger partial charge on any atom is -0.493 e. The minimum absolute atomic E-state index is 0.352. The quantitative estimate of drug-likeness (QED) is 0.270. The Kier molecular flexibility index (Phi) is 5.99. The van der Waals surface area contributed by atoms with Crippen LogP contribution in [0, 0.1) is 0 Å². The largest absolute Gasteiger partial charge is 0.493 e. The number of ether oxygens (including phenoxy) is 2. The van der Waals surface area contributed by atoms with Gasteiger partial charge in [-0.1, -0.05) is 36.4 Å². The normalized spacial score (nSPS) is 11.2. The number of rotatable bonds is 7. The van der Waals surface area contributed by atoms with E-state index in [-0.39, 0.29) is 0 Å². The summed E-state index contributed by atoms with van der Waals surface area (Å²) in [6.45, 7) is 0.352. The zero-order valence-corrected chi connectivity index (χ0v) is 18.9. The second-order valence-electron chi connectivity index (χ2n) is 7.61. The summed E-state index contributed by atoms with van der Waals surface area (Å²) in [6.07, 6.45) is 1.98. The second kappa shape index (κ2) is 9.54. The van der Waals surface area contributed by atoms with E-state index >= 15 is 0 Å². The summed E-state index contributed by atoms with van der Waals surface area (Å²) in [5, 5.41) is 14.7. The molecule has 0 saturated heterocycles. The number of pyridine rings is 1. The van der Waals surface area contributed by atoms with Gasteiger partial charge in [0.15, 0.2) is 17.3 Å². The number of nitrogens with zero attached hydrogens (tertiary/aromatic N) is 5. The van der Waals surface area contributed by atoms with Crippen LogP contribution in [0.5, 0.6) is 11.5 Å². The number of aromatic nitrogens is 3. The molecule has 3 aromatic carbocycles. The fourth-order valence-electron chi connectivity index (χ4n) is 3.76. The van der Waals surface area contributed by atoms with Crippen molar-refractivity contribution >= 4 is 16.7 Å². The number of hydrogen-bond acceptors (Lipinski definition) is 6. The third-order valence-corrected chi connectivity index (χ3v) is 5.47. The lowest BCUT2D eigenvalue weighted by Gasteiger charge is -2.09. The highest BCUT2D eigenvalue weighted by molar-refractivity contribution is 5.79. The van der Waals surface area contributed by atoms with Gasteiger partial charge in [-0.2, -0.15) is 10.2 Å². The van der Waals surface area contributed by atoms with Crippen LogP contribution in [0.3, 0.4) is 0 Å². The van der Waals surface area contributed by atoms with Crippen molar-refractivity contribution in [1.29, 1.82) is 0 Å². The predicted molar refractivity (Wildman–Crippen MR) is 132 cm³/mol. The van der Waals surface area contributed by atoms with Crippen LogP contribution in [0.25, 0.3) is 27.8 Å². The summed E-state index contributed by atoms with van der Waals surface area (Å²) in [5.41, 5.74) is 4.49. The molecule has 0 atom stereocenters. The van der Waals surface area contributed by atoms with Gasteiger partial charge >= 0.3 is 0 Å². The van der Waals surface area contributed by atoms with E-state index in [4.69, 9.17) is 14.6 Å². The van der Waals surface area contributed by atoms with Crippen LogP contribution in [-0.2, 0) is 6.54 Å². The topological polar surface area (TPSA) is 73.9 Å². The fraction of sp³-hybridized carbons (Fsp3) is 0.111. The van der Waals surface area contributed by atoms with Gasteiger partial charge in [0, 0.05) is 22.7 Å². The Balaban J connectivity index is 1.50. The summed E-state index contributed by atoms with van der Waals surface area (Å²) in [5.74, 6) is 1.88. The molecule has 2 heterocycles. The Hall–Kier alpha value is -4.52. The van der Waals surface area contributed by atoms with Gasteiger partial charge in [0.05, 0.1) is 37.7 Å². The summed E-state index contributed by atoms with van der Waals surface area (Å²) >= 11 is 0. The van der Waals surface area contributed by atoms with E-state index in [0.717, 1.165) is 33.4 Å². The van der Waals surface area contributed by atoms with E-state index < -0.39 is 0 Å². The van der Waals surface area contributed by atoms with Crippen molar-refractivity contribution in [3.63, 3.8) is 0 Å². The van der Waals surface area contributed by atoms with Gasteiger partial charge in [0.25, 0.3) is 0 Å². The van der Waals surface area contributed by atoms with Crippen LogP contribution in [0.2, 0.25) is 0 Å². The van der Waals surface area contributed by atoms with Crippen LogP contribution in [0.4, 0.5) is 5.82 Å². The Labute approximate surface area is 197 Å². The molecular weight excluding hydrogens is 426 g/mol. The van der Waals surface area contributed by atoms with Crippen LogP contribution in [-0.4, -0.2) is 29.0 Å². The molecule has 5 rings (SSSR count). The molecule has 7 nitrogen and oxygen atoms in total. The highest BCUT2D eigenvalue weighted by Gasteiger charge is 2.15. The zero-order chi connectivity index (χ0) is 23.3. The predicted octanol–water partition coefficient (Wildman–Crippen LogP) is 6.39. The van der Waals surface area contributed by atoms with Gasteiger partial charge in [-0.05, 0) is 48.5 Å². The maximum atomic E-state index is 5.49. The first-order valence-electron chi connectivity index (χ1n) is 10.8. The smallest absolute Gasteiger partial charge is 0.174 e. The van der Waals surface area contributed by atoms with E-state index in [1.807, 2.05) is 95.8 Å². The molecule has 0 aliphatic carbocycles. The number of fused-ring (bicyclic) bond motifs is 1. The van der Waals surface area contributed by atoms with Crippen LogP contribution >= 0.6 is 0 Å². The fourth-order valence-corrected chi connectivity index (χ4v) is 3.76. The molecule has 0 spiro atoms. The molecule has 0 aliphatic heterocycles. The first-order valence-corrected chi connectivity index (χ1v) is 10.8. The molecule has 7 heteroatoms. The summed E-state index contributed by atoms with van der Waals surface area (Å²) in [6, 6.07) is 27.5. The Morgan fingerprint density at radius 2 is 1.62 bits per heavy atom. The Bertz CT molecular complexity index is 1460. The van der Waals surface area contributed by atoms with Gasteiger partial charge in [-0.15, -0.1) is 5.11 Å². The van der Waals surface area contributed by atoms with E-state index in [2.05, 4.69) is 15.2 Å². The summed E-state index contributed by atoms with van der Waals surface area (Å²) in [4.78, 5) is 4.57. The molecule has 0 amide bonds. The number of para-hydroxylation sites is 2. The maximum absolute atomic E-state index is 5.49. The SMILES string of the molecule is COc1ccc(-c2nn(-c3ccccc3)cc2CN=Nc2ccc3ccccc3n2)cc1OC. The molecule has 0 radical (unpaired) electrons. The molecule has 34 heavy (non-hydrogen) atoms. The van der Waals surface area contributed by atoms with E-state index in [9.17, 15) is 0 Å². The molecule has 5 aromatic rings. The monoisotopic (exact) mass is 449 g/mol. The van der Waals surface area contributed by atoms with E-state index in [1.165, 1.54) is 0 Å². The lowest BCUT2D eigenvalue weighted by atomic mass is 10.1. The summed E-state index contributed by atoms with van der Waals surface area (Å²) in [7, 11) is 3.24. The number of hydrogen-bond donors (Lipinski definition) is 0. The molecule has 0 fully saturated rings. The Morgan fingerprint density at radius 3 is 2.44 bits per heavy atom. The maximum Gasteiger partial charge on any atom is 0.174 e. The zero-order valence-electron chi connectivity index (χ0n) is 18.9. The molecular formula is C27H23N5O2. The van der Waals surface area contributed by atoms with Gasteiger partial charge < -0.3 is 9.47 Å². The first kappa shape index (κ1) is 21.3. The standard InChI is InChI=1S/C27H23N5O2/c1-33-24-14-12-20(16-25(24)34-2)27-21(18-32(31-27)22-9-4-3-5-10-22)17-28-30-26-15-13-19-8-6-7-11-23(19)29-26/h3-16,18H,17H2,1-2H3. The minimum atomic E-state index is 0.352.